The Hall–Kier alpha value is -4.17. The fourth-order valence-corrected chi connectivity index (χ4v) is 6.02. The molecule has 0 aliphatic carbocycles. The number of furan rings is 1. The summed E-state index contributed by atoms with van der Waals surface area (Å²) >= 11 is 3.46. The zero-order valence-electron chi connectivity index (χ0n) is 21.8. The number of aryl methyl sites for hydroxylation is 1. The molecule has 3 heterocycles. The first-order valence-electron chi connectivity index (χ1n) is 13.1. The van der Waals surface area contributed by atoms with Crippen LogP contribution in [-0.4, -0.2) is 35.0 Å². The van der Waals surface area contributed by atoms with Crippen molar-refractivity contribution in [3.05, 3.63) is 105 Å². The monoisotopic (exact) mass is 599 g/mol. The number of aliphatic carboxylic acids is 1. The molecule has 202 valence electrons. The Balaban J connectivity index is 1.29. The van der Waals surface area contributed by atoms with E-state index in [9.17, 15) is 19.5 Å². The van der Waals surface area contributed by atoms with Crippen molar-refractivity contribution in [3.8, 4) is 11.1 Å². The van der Waals surface area contributed by atoms with E-state index in [4.69, 9.17) is 8.83 Å². The number of hydrogen-bond acceptors (Lipinski definition) is 5. The highest BCUT2D eigenvalue weighted by Gasteiger charge is 2.43. The average molecular weight is 600 g/mol. The number of carboxylic acids is 1. The Bertz CT molecular complexity index is 1810. The van der Waals surface area contributed by atoms with Crippen LogP contribution in [0, 0.1) is 6.92 Å². The Morgan fingerprint density at radius 2 is 1.68 bits per heavy atom. The maximum Gasteiger partial charge on any atom is 0.340 e. The molecule has 0 spiro atoms. The summed E-state index contributed by atoms with van der Waals surface area (Å²) < 4.78 is 12.4. The summed E-state index contributed by atoms with van der Waals surface area (Å²) in [7, 11) is 0. The molecule has 1 fully saturated rings. The maximum absolute atomic E-state index is 13.3. The SMILES string of the molecule is Cc1c(CC(=O)N2CCC(C(=O)O)(c3ccccc3)CC2)c(=O)oc2cc3occ(-c4ccc(Br)cc4)c3cc12. The topological polar surface area (TPSA) is 101 Å². The van der Waals surface area contributed by atoms with Crippen LogP contribution in [0.1, 0.15) is 29.5 Å². The second-order valence-corrected chi connectivity index (χ2v) is 11.2. The molecule has 7 nitrogen and oxygen atoms in total. The summed E-state index contributed by atoms with van der Waals surface area (Å²) in [5.74, 6) is -1.10. The summed E-state index contributed by atoms with van der Waals surface area (Å²) in [6.45, 7) is 2.42. The van der Waals surface area contributed by atoms with Gasteiger partial charge in [-0.05, 0) is 54.7 Å². The van der Waals surface area contributed by atoms with E-state index in [-0.39, 0.29) is 12.3 Å². The number of carbonyl (C=O) groups is 2. The summed E-state index contributed by atoms with van der Waals surface area (Å²) in [6.07, 6.45) is 2.19. The Morgan fingerprint density at radius 3 is 2.35 bits per heavy atom. The van der Waals surface area contributed by atoms with Crippen molar-refractivity contribution in [2.75, 3.05) is 13.1 Å². The molecular formula is C32H26BrNO6. The molecule has 8 heteroatoms. The van der Waals surface area contributed by atoms with Crippen molar-refractivity contribution in [2.45, 2.75) is 31.6 Å². The van der Waals surface area contributed by atoms with Crippen LogP contribution in [0.5, 0.6) is 0 Å². The number of benzene rings is 3. The Labute approximate surface area is 238 Å². The normalized spacial score (nSPS) is 15.0. The molecule has 1 aliphatic rings. The van der Waals surface area contributed by atoms with Crippen LogP contribution in [0.3, 0.4) is 0 Å². The standard InChI is InChI=1S/C32H26BrNO6/c1-19-23-15-25-26(20-7-9-22(33)10-8-20)18-39-27(25)17-28(23)40-30(36)24(19)16-29(35)34-13-11-32(12-14-34,31(37)38)21-5-3-2-4-6-21/h2-10,15,17-18H,11-14,16H2,1H3,(H,37,38). The van der Waals surface area contributed by atoms with Gasteiger partial charge in [0.1, 0.15) is 11.2 Å². The molecule has 0 atom stereocenters. The Kier molecular flexibility index (Phi) is 6.58. The van der Waals surface area contributed by atoms with Crippen LogP contribution < -0.4 is 5.63 Å². The minimum absolute atomic E-state index is 0.113. The molecule has 1 saturated heterocycles. The summed E-state index contributed by atoms with van der Waals surface area (Å²) in [4.78, 5) is 40.3. The highest BCUT2D eigenvalue weighted by molar-refractivity contribution is 9.10. The number of rotatable bonds is 5. The summed E-state index contributed by atoms with van der Waals surface area (Å²) in [5.41, 5.74) is 3.06. The van der Waals surface area contributed by atoms with E-state index in [0.29, 0.717) is 48.2 Å². The van der Waals surface area contributed by atoms with E-state index >= 15 is 0 Å². The van der Waals surface area contributed by atoms with Crippen molar-refractivity contribution >= 4 is 49.7 Å². The minimum Gasteiger partial charge on any atom is -0.481 e. The highest BCUT2D eigenvalue weighted by Crippen LogP contribution is 2.37. The number of piperidine rings is 1. The van der Waals surface area contributed by atoms with Crippen molar-refractivity contribution < 1.29 is 23.5 Å². The first kappa shape index (κ1) is 26.1. The van der Waals surface area contributed by atoms with E-state index in [1.54, 1.807) is 17.2 Å². The van der Waals surface area contributed by atoms with Gasteiger partial charge in [-0.1, -0.05) is 58.4 Å². The number of fused-ring (bicyclic) bond motifs is 2. The zero-order chi connectivity index (χ0) is 28.0. The first-order valence-corrected chi connectivity index (χ1v) is 13.9. The van der Waals surface area contributed by atoms with Crippen molar-refractivity contribution in [3.63, 3.8) is 0 Å². The number of hydrogen-bond donors (Lipinski definition) is 1. The van der Waals surface area contributed by atoms with Crippen LogP contribution in [0.2, 0.25) is 0 Å². The third-order valence-corrected chi connectivity index (χ3v) is 8.70. The molecule has 0 saturated carbocycles. The van der Waals surface area contributed by atoms with Gasteiger partial charge in [-0.25, -0.2) is 4.79 Å². The van der Waals surface area contributed by atoms with Gasteiger partial charge in [0.2, 0.25) is 5.91 Å². The fourth-order valence-electron chi connectivity index (χ4n) is 5.75. The van der Waals surface area contributed by atoms with Crippen LogP contribution in [0.25, 0.3) is 33.1 Å². The minimum atomic E-state index is -1.03. The molecular weight excluding hydrogens is 574 g/mol. The average Bonchev–Trinajstić information content (AvgIpc) is 3.38. The lowest BCUT2D eigenvalue weighted by Gasteiger charge is -2.39. The molecule has 5 aromatic rings. The summed E-state index contributed by atoms with van der Waals surface area (Å²) in [5, 5.41) is 11.7. The van der Waals surface area contributed by atoms with E-state index in [0.717, 1.165) is 31.9 Å². The number of amides is 1. The molecule has 2 aromatic heterocycles. The third kappa shape index (κ3) is 4.42. The van der Waals surface area contributed by atoms with Gasteiger partial charge >= 0.3 is 11.6 Å². The van der Waals surface area contributed by atoms with E-state index < -0.39 is 17.0 Å². The van der Waals surface area contributed by atoms with Crippen molar-refractivity contribution in [2.24, 2.45) is 0 Å². The lowest BCUT2D eigenvalue weighted by Crippen LogP contribution is -2.49. The fraction of sp³-hybridized carbons (Fsp3) is 0.219. The van der Waals surface area contributed by atoms with Crippen LogP contribution in [0.15, 0.2) is 91.1 Å². The highest BCUT2D eigenvalue weighted by atomic mass is 79.9. The van der Waals surface area contributed by atoms with E-state index in [1.165, 1.54) is 0 Å². The molecule has 1 aliphatic heterocycles. The van der Waals surface area contributed by atoms with Crippen LogP contribution >= 0.6 is 15.9 Å². The molecule has 6 rings (SSSR count). The number of carboxylic acid groups (broad SMARTS) is 1. The van der Waals surface area contributed by atoms with Crippen LogP contribution in [0.4, 0.5) is 0 Å². The van der Waals surface area contributed by atoms with Gasteiger partial charge in [-0.3, -0.25) is 9.59 Å². The van der Waals surface area contributed by atoms with Gasteiger partial charge in [0, 0.05) is 40.0 Å². The molecule has 1 amide bonds. The van der Waals surface area contributed by atoms with Gasteiger partial charge < -0.3 is 18.8 Å². The zero-order valence-corrected chi connectivity index (χ0v) is 23.4. The smallest absolute Gasteiger partial charge is 0.340 e. The maximum atomic E-state index is 13.3. The van der Waals surface area contributed by atoms with Gasteiger partial charge in [0.15, 0.2) is 0 Å². The van der Waals surface area contributed by atoms with Crippen molar-refractivity contribution in [1.82, 2.24) is 4.90 Å². The lowest BCUT2D eigenvalue weighted by atomic mass is 9.73. The quantitative estimate of drug-likeness (QED) is 0.232. The summed E-state index contributed by atoms with van der Waals surface area (Å²) in [6, 6.07) is 20.8. The van der Waals surface area contributed by atoms with E-state index in [1.807, 2.05) is 67.6 Å². The molecule has 40 heavy (non-hydrogen) atoms. The first-order chi connectivity index (χ1) is 19.3. The predicted molar refractivity (Wildman–Crippen MR) is 155 cm³/mol. The lowest BCUT2D eigenvalue weighted by molar-refractivity contribution is -0.148. The van der Waals surface area contributed by atoms with Gasteiger partial charge in [0.25, 0.3) is 0 Å². The molecule has 0 radical (unpaired) electrons. The number of halogens is 1. The third-order valence-electron chi connectivity index (χ3n) is 8.17. The predicted octanol–water partition coefficient (Wildman–Crippen LogP) is 6.46. The number of carbonyl (C=O) groups excluding carboxylic acids is 1. The van der Waals surface area contributed by atoms with Gasteiger partial charge in [0.05, 0.1) is 23.7 Å². The Morgan fingerprint density at radius 1 is 0.975 bits per heavy atom. The number of nitrogens with zero attached hydrogens (tertiary/aromatic N) is 1. The largest absolute Gasteiger partial charge is 0.481 e. The molecule has 3 aromatic carbocycles. The van der Waals surface area contributed by atoms with Crippen molar-refractivity contribution in [1.29, 1.82) is 0 Å². The second kappa shape index (κ2) is 10.1. The number of likely N-dealkylation sites (tertiary alicyclic amines) is 1. The van der Waals surface area contributed by atoms with Gasteiger partial charge in [-0.2, -0.15) is 0 Å². The molecule has 0 bridgehead atoms. The second-order valence-electron chi connectivity index (χ2n) is 10.3. The van der Waals surface area contributed by atoms with Crippen LogP contribution in [-0.2, 0) is 21.4 Å². The van der Waals surface area contributed by atoms with Gasteiger partial charge in [-0.15, -0.1) is 0 Å². The molecule has 1 N–H and O–H groups in total. The molecule has 0 unspecified atom stereocenters. The van der Waals surface area contributed by atoms with E-state index in [2.05, 4.69) is 15.9 Å².